The van der Waals surface area contributed by atoms with Crippen LogP contribution in [0, 0.1) is 0 Å². The van der Waals surface area contributed by atoms with Crippen molar-refractivity contribution in [2.45, 2.75) is 70.1 Å². The summed E-state index contributed by atoms with van der Waals surface area (Å²) in [5, 5.41) is 28.5. The number of nitrogens with zero attached hydrogens (tertiary/aromatic N) is 1. The molecule has 4 heteroatoms. The first kappa shape index (κ1) is 15.9. The summed E-state index contributed by atoms with van der Waals surface area (Å²) in [6.45, 7) is 3.50. The van der Waals surface area contributed by atoms with Gasteiger partial charge in [-0.1, -0.05) is 45.4 Å². The molecule has 3 N–H and O–H groups in total. The monoisotopic (exact) mass is 259 g/mol. The van der Waals surface area contributed by atoms with Crippen LogP contribution in [0.25, 0.3) is 0 Å². The molecule has 1 heterocycles. The van der Waals surface area contributed by atoms with Crippen molar-refractivity contribution in [3.05, 3.63) is 0 Å². The van der Waals surface area contributed by atoms with Gasteiger partial charge in [0.1, 0.15) is 0 Å². The highest BCUT2D eigenvalue weighted by molar-refractivity contribution is 4.92. The number of hydrogen-bond acceptors (Lipinski definition) is 4. The Morgan fingerprint density at radius 2 is 1.61 bits per heavy atom. The lowest BCUT2D eigenvalue weighted by molar-refractivity contribution is 0.0216. The minimum absolute atomic E-state index is 0.0747. The molecule has 0 aromatic heterocycles. The average Bonchev–Trinajstić information content (AvgIpc) is 2.63. The Balaban J connectivity index is 2.08. The summed E-state index contributed by atoms with van der Waals surface area (Å²) in [7, 11) is 0. The third-order valence-corrected chi connectivity index (χ3v) is 3.91. The van der Waals surface area contributed by atoms with Crippen LogP contribution in [-0.2, 0) is 0 Å². The topological polar surface area (TPSA) is 63.9 Å². The molecule has 0 aliphatic carbocycles. The van der Waals surface area contributed by atoms with E-state index < -0.39 is 12.2 Å². The Morgan fingerprint density at radius 1 is 1.00 bits per heavy atom. The fraction of sp³-hybridized carbons (Fsp3) is 1.00. The molecule has 0 aromatic rings. The molecule has 0 amide bonds. The Morgan fingerprint density at radius 3 is 2.22 bits per heavy atom. The van der Waals surface area contributed by atoms with E-state index in [9.17, 15) is 15.3 Å². The van der Waals surface area contributed by atoms with E-state index in [2.05, 4.69) is 6.92 Å². The van der Waals surface area contributed by atoms with Crippen molar-refractivity contribution in [1.29, 1.82) is 0 Å². The third-order valence-electron chi connectivity index (χ3n) is 3.91. The van der Waals surface area contributed by atoms with Gasteiger partial charge >= 0.3 is 0 Å². The lowest BCUT2D eigenvalue weighted by Crippen LogP contribution is -2.39. The van der Waals surface area contributed by atoms with Gasteiger partial charge in [0.15, 0.2) is 0 Å². The molecule has 3 atom stereocenters. The maximum Gasteiger partial charge on any atom is 0.0988 e. The number of rotatable bonds is 9. The van der Waals surface area contributed by atoms with E-state index in [1.54, 1.807) is 0 Å². The largest absolute Gasteiger partial charge is 0.395 e. The first-order chi connectivity index (χ1) is 8.70. The van der Waals surface area contributed by atoms with Gasteiger partial charge in [-0.25, -0.2) is 0 Å². The molecule has 0 aromatic carbocycles. The second-order valence-corrected chi connectivity index (χ2v) is 5.42. The predicted molar refractivity (Wildman–Crippen MR) is 72.5 cm³/mol. The van der Waals surface area contributed by atoms with Crippen LogP contribution in [0.5, 0.6) is 0 Å². The summed E-state index contributed by atoms with van der Waals surface area (Å²) >= 11 is 0. The second-order valence-electron chi connectivity index (χ2n) is 5.42. The van der Waals surface area contributed by atoms with E-state index in [4.69, 9.17) is 0 Å². The van der Waals surface area contributed by atoms with E-state index in [0.29, 0.717) is 6.54 Å². The Hall–Kier alpha value is -0.160. The molecule has 0 saturated carbocycles. The molecule has 18 heavy (non-hydrogen) atoms. The zero-order chi connectivity index (χ0) is 13.4. The summed E-state index contributed by atoms with van der Waals surface area (Å²) in [6, 6.07) is -0.278. The van der Waals surface area contributed by atoms with Gasteiger partial charge in [-0.05, 0) is 13.0 Å². The molecule has 0 spiro atoms. The molecule has 0 bridgehead atoms. The van der Waals surface area contributed by atoms with Crippen molar-refractivity contribution in [3.63, 3.8) is 0 Å². The Bertz CT molecular complexity index is 213. The summed E-state index contributed by atoms with van der Waals surface area (Å²) in [5.41, 5.74) is 0. The lowest BCUT2D eigenvalue weighted by Gasteiger charge is -2.23. The quantitative estimate of drug-likeness (QED) is 0.543. The molecule has 0 radical (unpaired) electrons. The number of β-amino-alcohol motifs (C(OH)–C–C–N with tert-alkyl or cyclic N) is 1. The average molecular weight is 259 g/mol. The Kier molecular flexibility index (Phi) is 7.82. The van der Waals surface area contributed by atoms with E-state index >= 15 is 0 Å². The lowest BCUT2D eigenvalue weighted by atomic mass is 10.1. The molecule has 1 aliphatic rings. The van der Waals surface area contributed by atoms with E-state index in [1.165, 1.54) is 38.5 Å². The maximum absolute atomic E-state index is 9.68. The van der Waals surface area contributed by atoms with Crippen LogP contribution in [0.15, 0.2) is 0 Å². The number of unbranched alkanes of at least 4 members (excludes halogenated alkanes) is 6. The van der Waals surface area contributed by atoms with Gasteiger partial charge in [-0.15, -0.1) is 0 Å². The maximum atomic E-state index is 9.68. The minimum atomic E-state index is -0.792. The molecule has 4 nitrogen and oxygen atoms in total. The Labute approximate surface area is 111 Å². The van der Waals surface area contributed by atoms with Crippen LogP contribution in [0.3, 0.4) is 0 Å². The van der Waals surface area contributed by atoms with Crippen LogP contribution in [-0.4, -0.2) is 58.2 Å². The van der Waals surface area contributed by atoms with Gasteiger partial charge in [0, 0.05) is 6.54 Å². The highest BCUT2D eigenvalue weighted by Crippen LogP contribution is 2.19. The highest BCUT2D eigenvalue weighted by Gasteiger charge is 2.38. The van der Waals surface area contributed by atoms with Gasteiger partial charge in [0.05, 0.1) is 24.9 Å². The molecule has 0 unspecified atom stereocenters. The van der Waals surface area contributed by atoms with Gasteiger partial charge in [0.25, 0.3) is 0 Å². The van der Waals surface area contributed by atoms with Crippen molar-refractivity contribution >= 4 is 0 Å². The summed E-state index contributed by atoms with van der Waals surface area (Å²) < 4.78 is 0. The fourth-order valence-electron chi connectivity index (χ4n) is 2.71. The van der Waals surface area contributed by atoms with Crippen LogP contribution in [0.2, 0.25) is 0 Å². The third kappa shape index (κ3) is 4.84. The van der Waals surface area contributed by atoms with Gasteiger partial charge in [-0.3, -0.25) is 4.90 Å². The summed E-state index contributed by atoms with van der Waals surface area (Å²) in [4.78, 5) is 2.02. The van der Waals surface area contributed by atoms with Crippen molar-refractivity contribution in [2.75, 3.05) is 19.7 Å². The molecular formula is C14H29NO3. The SMILES string of the molecule is CCCCCCCCCN1C[C@@H](O)[C@H](O)[C@@H]1CO. The predicted octanol–water partition coefficient (Wildman–Crippen LogP) is 1.14. The molecule has 1 aliphatic heterocycles. The van der Waals surface area contributed by atoms with E-state index in [1.807, 2.05) is 4.90 Å². The molecule has 1 fully saturated rings. The van der Waals surface area contributed by atoms with Crippen LogP contribution < -0.4 is 0 Å². The second kappa shape index (κ2) is 8.86. The fourth-order valence-corrected chi connectivity index (χ4v) is 2.71. The zero-order valence-corrected chi connectivity index (χ0v) is 11.6. The first-order valence-corrected chi connectivity index (χ1v) is 7.41. The van der Waals surface area contributed by atoms with E-state index in [-0.39, 0.29) is 12.6 Å². The zero-order valence-electron chi connectivity index (χ0n) is 11.6. The van der Waals surface area contributed by atoms with Crippen LogP contribution in [0.4, 0.5) is 0 Å². The van der Waals surface area contributed by atoms with Crippen molar-refractivity contribution in [3.8, 4) is 0 Å². The molecule has 1 saturated heterocycles. The smallest absolute Gasteiger partial charge is 0.0988 e. The van der Waals surface area contributed by atoms with Crippen molar-refractivity contribution in [2.24, 2.45) is 0 Å². The standard InChI is InChI=1S/C14H29NO3/c1-2-3-4-5-6-7-8-9-15-10-13(17)14(18)12(15)11-16/h12-14,16-18H,2-11H2,1H3/t12-,13+,14+/m0/s1. The molecule has 108 valence electrons. The van der Waals surface area contributed by atoms with Crippen LogP contribution >= 0.6 is 0 Å². The molecule has 1 rings (SSSR count). The van der Waals surface area contributed by atoms with Crippen molar-refractivity contribution in [1.82, 2.24) is 4.90 Å². The van der Waals surface area contributed by atoms with Crippen LogP contribution in [0.1, 0.15) is 51.9 Å². The van der Waals surface area contributed by atoms with Crippen molar-refractivity contribution < 1.29 is 15.3 Å². The van der Waals surface area contributed by atoms with Gasteiger partial charge in [-0.2, -0.15) is 0 Å². The number of aliphatic hydroxyl groups excluding tert-OH is 3. The summed E-state index contributed by atoms with van der Waals surface area (Å²) in [5.74, 6) is 0. The number of aliphatic hydroxyl groups is 3. The normalized spacial score (nSPS) is 29.0. The summed E-state index contributed by atoms with van der Waals surface area (Å²) in [6.07, 6.45) is 7.31. The van der Waals surface area contributed by atoms with Gasteiger partial charge in [0.2, 0.25) is 0 Å². The highest BCUT2D eigenvalue weighted by atomic mass is 16.3. The van der Waals surface area contributed by atoms with Gasteiger partial charge < -0.3 is 15.3 Å². The number of likely N-dealkylation sites (tertiary alicyclic amines) is 1. The minimum Gasteiger partial charge on any atom is -0.395 e. The first-order valence-electron chi connectivity index (χ1n) is 7.41. The molecular weight excluding hydrogens is 230 g/mol. The van der Waals surface area contributed by atoms with E-state index in [0.717, 1.165) is 13.0 Å². The number of hydrogen-bond donors (Lipinski definition) is 3.